The Hall–Kier alpha value is -2.03. The molecule has 0 radical (unpaired) electrons. The lowest BCUT2D eigenvalue weighted by atomic mass is 9.74. The van der Waals surface area contributed by atoms with Gasteiger partial charge < -0.3 is 22.1 Å². The second-order valence-corrected chi connectivity index (χ2v) is 9.26. The average molecular weight is 433 g/mol. The van der Waals surface area contributed by atoms with Gasteiger partial charge in [0.2, 0.25) is 5.91 Å². The van der Waals surface area contributed by atoms with Crippen LogP contribution < -0.4 is 22.1 Å². The Morgan fingerprint density at radius 2 is 2.03 bits per heavy atom. The van der Waals surface area contributed by atoms with Crippen LogP contribution in [0.3, 0.4) is 0 Å². The van der Waals surface area contributed by atoms with E-state index in [1.165, 1.54) is 24.6 Å². The van der Waals surface area contributed by atoms with E-state index in [0.29, 0.717) is 32.2 Å². The van der Waals surface area contributed by atoms with Gasteiger partial charge in [0.05, 0.1) is 16.8 Å². The van der Waals surface area contributed by atoms with Gasteiger partial charge in [-0.25, -0.2) is 9.97 Å². The molecule has 1 aliphatic carbocycles. The van der Waals surface area contributed by atoms with Crippen LogP contribution in [0.2, 0.25) is 5.02 Å². The summed E-state index contributed by atoms with van der Waals surface area (Å²) in [4.78, 5) is 23.5. The number of nitrogen functional groups attached to an aromatic ring is 1. The molecule has 2 aromatic rings. The number of halogens is 1. The van der Waals surface area contributed by atoms with Crippen molar-refractivity contribution in [3.63, 3.8) is 0 Å². The number of amides is 1. The molecule has 4 rings (SSSR count). The maximum absolute atomic E-state index is 11.5. The van der Waals surface area contributed by atoms with Crippen LogP contribution in [0.15, 0.2) is 34.3 Å². The number of nitrogens with zero attached hydrogens (tertiary/aromatic N) is 3. The standard InChI is InChI=1S/C20H25ClN6OS/c21-16-12(18(24)28)3-1-4-13(16)29-19-17(23)26-15(11-25-19)27-9-7-20(8-10-27)6-2-5-14(20)22/h1,3-4,11,14H,2,5-10,22H2,(H2,23,26)(H2,24,28). The molecular formula is C20H25ClN6OS. The molecule has 2 aliphatic rings. The van der Waals surface area contributed by atoms with Gasteiger partial charge >= 0.3 is 0 Å². The Labute approximate surface area is 179 Å². The molecule has 1 amide bonds. The summed E-state index contributed by atoms with van der Waals surface area (Å²) in [5.41, 5.74) is 18.5. The molecule has 6 N–H and O–H groups in total. The lowest BCUT2D eigenvalue weighted by Crippen LogP contribution is -2.47. The highest BCUT2D eigenvalue weighted by molar-refractivity contribution is 7.99. The highest BCUT2D eigenvalue weighted by Crippen LogP contribution is 2.46. The van der Waals surface area contributed by atoms with Gasteiger partial charge in [0, 0.05) is 24.0 Å². The normalized spacial score (nSPS) is 20.9. The Morgan fingerprint density at radius 3 is 2.66 bits per heavy atom. The zero-order valence-corrected chi connectivity index (χ0v) is 17.7. The van der Waals surface area contributed by atoms with E-state index < -0.39 is 5.91 Å². The fourth-order valence-corrected chi connectivity index (χ4v) is 5.61. The number of rotatable bonds is 4. The molecule has 1 saturated heterocycles. The van der Waals surface area contributed by atoms with Crippen molar-refractivity contribution in [1.82, 2.24) is 9.97 Å². The Morgan fingerprint density at radius 1 is 1.28 bits per heavy atom. The minimum absolute atomic E-state index is 0.271. The van der Waals surface area contributed by atoms with Crippen LogP contribution in [0.4, 0.5) is 11.6 Å². The third-order valence-electron chi connectivity index (χ3n) is 6.25. The Balaban J connectivity index is 1.48. The highest BCUT2D eigenvalue weighted by Gasteiger charge is 2.43. The SMILES string of the molecule is NC(=O)c1cccc(Sc2ncc(N3CCC4(CCCC4N)CC3)nc2N)c1Cl. The topological polar surface area (TPSA) is 124 Å². The number of piperidine rings is 1. The van der Waals surface area contributed by atoms with Crippen LogP contribution in [0.1, 0.15) is 42.5 Å². The van der Waals surface area contributed by atoms with Crippen molar-refractivity contribution in [3.05, 3.63) is 35.0 Å². The van der Waals surface area contributed by atoms with Crippen molar-refractivity contribution in [1.29, 1.82) is 0 Å². The van der Waals surface area contributed by atoms with E-state index in [1.807, 2.05) is 0 Å². The number of primary amides is 1. The highest BCUT2D eigenvalue weighted by atomic mass is 35.5. The van der Waals surface area contributed by atoms with E-state index in [9.17, 15) is 4.79 Å². The zero-order chi connectivity index (χ0) is 20.6. The van der Waals surface area contributed by atoms with Gasteiger partial charge in [-0.1, -0.05) is 35.9 Å². The molecule has 1 aromatic carbocycles. The summed E-state index contributed by atoms with van der Waals surface area (Å²) in [5.74, 6) is 0.549. The predicted molar refractivity (Wildman–Crippen MR) is 116 cm³/mol. The van der Waals surface area contributed by atoms with Crippen molar-refractivity contribution in [2.75, 3.05) is 23.7 Å². The molecular weight excluding hydrogens is 408 g/mol. The van der Waals surface area contributed by atoms with Crippen LogP contribution in [0.25, 0.3) is 0 Å². The van der Waals surface area contributed by atoms with Crippen LogP contribution in [0, 0.1) is 5.41 Å². The lowest BCUT2D eigenvalue weighted by molar-refractivity contribution is 0.1000. The van der Waals surface area contributed by atoms with Gasteiger partial charge in [-0.2, -0.15) is 0 Å². The summed E-state index contributed by atoms with van der Waals surface area (Å²) in [5, 5.41) is 0.841. The van der Waals surface area contributed by atoms with Gasteiger partial charge in [-0.3, -0.25) is 4.79 Å². The van der Waals surface area contributed by atoms with E-state index in [2.05, 4.69) is 14.9 Å². The lowest BCUT2D eigenvalue weighted by Gasteiger charge is -2.42. The van der Waals surface area contributed by atoms with Crippen LogP contribution in [0.5, 0.6) is 0 Å². The molecule has 29 heavy (non-hydrogen) atoms. The van der Waals surface area contributed by atoms with Crippen molar-refractivity contribution < 1.29 is 4.79 Å². The summed E-state index contributed by atoms with van der Waals surface area (Å²) in [7, 11) is 0. The minimum atomic E-state index is -0.572. The molecule has 1 spiro atoms. The molecule has 2 heterocycles. The van der Waals surface area contributed by atoms with E-state index in [1.54, 1.807) is 24.4 Å². The maximum atomic E-state index is 11.5. The molecule has 1 saturated carbocycles. The average Bonchev–Trinajstić information content (AvgIpc) is 3.05. The first-order chi connectivity index (χ1) is 13.9. The van der Waals surface area contributed by atoms with Crippen LogP contribution in [-0.4, -0.2) is 35.0 Å². The molecule has 0 bridgehead atoms. The summed E-state index contributed by atoms with van der Waals surface area (Å²) in [6, 6.07) is 5.43. The largest absolute Gasteiger partial charge is 0.381 e. The van der Waals surface area contributed by atoms with Crippen molar-refractivity contribution in [2.45, 2.75) is 48.1 Å². The summed E-state index contributed by atoms with van der Waals surface area (Å²) in [6.45, 7) is 1.83. The summed E-state index contributed by atoms with van der Waals surface area (Å²) >= 11 is 7.57. The molecule has 1 unspecified atom stereocenters. The van der Waals surface area contributed by atoms with E-state index in [-0.39, 0.29) is 5.56 Å². The van der Waals surface area contributed by atoms with Crippen LogP contribution in [-0.2, 0) is 0 Å². The second-order valence-electron chi connectivity index (χ2n) is 7.85. The first-order valence-electron chi connectivity index (χ1n) is 9.79. The Bertz CT molecular complexity index is 931. The molecule has 7 nitrogen and oxygen atoms in total. The van der Waals surface area contributed by atoms with Gasteiger partial charge in [0.15, 0.2) is 5.82 Å². The predicted octanol–water partition coefficient (Wildman–Crippen LogP) is 3.06. The summed E-state index contributed by atoms with van der Waals surface area (Å²) in [6.07, 6.45) is 7.52. The quantitative estimate of drug-likeness (QED) is 0.677. The zero-order valence-electron chi connectivity index (χ0n) is 16.1. The molecule has 2 fully saturated rings. The van der Waals surface area contributed by atoms with Crippen molar-refractivity contribution in [2.24, 2.45) is 16.9 Å². The second kappa shape index (κ2) is 8.01. The van der Waals surface area contributed by atoms with Gasteiger partial charge in [0.1, 0.15) is 10.8 Å². The first-order valence-corrected chi connectivity index (χ1v) is 11.0. The van der Waals surface area contributed by atoms with Gasteiger partial charge in [0.25, 0.3) is 0 Å². The van der Waals surface area contributed by atoms with Crippen molar-refractivity contribution in [3.8, 4) is 0 Å². The minimum Gasteiger partial charge on any atom is -0.381 e. The maximum Gasteiger partial charge on any atom is 0.250 e. The number of benzene rings is 1. The summed E-state index contributed by atoms with van der Waals surface area (Å²) < 4.78 is 0. The first kappa shape index (κ1) is 20.3. The van der Waals surface area contributed by atoms with Gasteiger partial charge in [-0.15, -0.1) is 0 Å². The third-order valence-corrected chi connectivity index (χ3v) is 7.83. The van der Waals surface area contributed by atoms with Gasteiger partial charge in [-0.05, 0) is 43.2 Å². The molecule has 1 atom stereocenters. The smallest absolute Gasteiger partial charge is 0.250 e. The van der Waals surface area contributed by atoms with Crippen molar-refractivity contribution >= 4 is 40.9 Å². The number of carbonyl (C=O) groups excluding carboxylic acids is 1. The van der Waals surface area contributed by atoms with E-state index in [0.717, 1.165) is 38.2 Å². The molecule has 1 aliphatic heterocycles. The monoisotopic (exact) mass is 432 g/mol. The number of anilines is 2. The fraction of sp³-hybridized carbons (Fsp3) is 0.450. The number of hydrogen-bond acceptors (Lipinski definition) is 7. The molecule has 154 valence electrons. The molecule has 9 heteroatoms. The van der Waals surface area contributed by atoms with Crippen LogP contribution >= 0.6 is 23.4 Å². The fourth-order valence-electron chi connectivity index (χ4n) is 4.47. The number of aromatic nitrogens is 2. The molecule has 1 aromatic heterocycles. The Kier molecular flexibility index (Phi) is 5.59. The third kappa shape index (κ3) is 3.89. The number of nitrogens with two attached hydrogens (primary N) is 3. The van der Waals surface area contributed by atoms with E-state index >= 15 is 0 Å². The number of hydrogen-bond donors (Lipinski definition) is 3. The van der Waals surface area contributed by atoms with E-state index in [4.69, 9.17) is 28.8 Å². The number of carbonyl (C=O) groups is 1.